The van der Waals surface area contributed by atoms with Crippen molar-refractivity contribution in [3.63, 3.8) is 0 Å². The molecule has 0 saturated carbocycles. The third-order valence-corrected chi connectivity index (χ3v) is 4.21. The number of nitrogens with zero attached hydrogens (tertiary/aromatic N) is 6. The normalized spacial score (nSPS) is 11.1. The van der Waals surface area contributed by atoms with Gasteiger partial charge < -0.3 is 10.8 Å². The highest BCUT2D eigenvalue weighted by molar-refractivity contribution is 5.99. The number of hydrogen-bond acceptors (Lipinski definition) is 9. The zero-order valence-electron chi connectivity index (χ0n) is 15.7. The molecule has 0 saturated heterocycles. The lowest BCUT2D eigenvalue weighted by Crippen LogP contribution is -2.19. The molecule has 11 nitrogen and oxygen atoms in total. The lowest BCUT2D eigenvalue weighted by Gasteiger charge is -2.06. The fourth-order valence-corrected chi connectivity index (χ4v) is 2.70. The SMILES string of the molecule is Cc1ccc(-c2c(C(=O)N/N=C/c3ccccc3O)nnn2-c2nonc2N)cc1. The summed E-state index contributed by atoms with van der Waals surface area (Å²) in [6.07, 6.45) is 1.32. The summed E-state index contributed by atoms with van der Waals surface area (Å²) in [5, 5.41) is 28.9. The van der Waals surface area contributed by atoms with Gasteiger partial charge in [0.1, 0.15) is 11.4 Å². The lowest BCUT2D eigenvalue weighted by atomic mass is 10.1. The van der Waals surface area contributed by atoms with Crippen LogP contribution >= 0.6 is 0 Å². The first-order valence-corrected chi connectivity index (χ1v) is 8.77. The number of phenols is 1. The third kappa shape index (κ3) is 3.58. The maximum Gasteiger partial charge on any atom is 0.294 e. The number of amides is 1. The molecule has 4 aromatic rings. The quantitative estimate of drug-likeness (QED) is 0.335. The first kappa shape index (κ1) is 18.8. The van der Waals surface area contributed by atoms with Crippen molar-refractivity contribution < 1.29 is 14.5 Å². The maximum absolute atomic E-state index is 12.8. The van der Waals surface area contributed by atoms with Crippen LogP contribution in [-0.4, -0.2) is 42.5 Å². The topological polar surface area (TPSA) is 157 Å². The van der Waals surface area contributed by atoms with E-state index < -0.39 is 5.91 Å². The van der Waals surface area contributed by atoms with Gasteiger partial charge in [-0.05, 0) is 29.4 Å². The number of anilines is 1. The van der Waals surface area contributed by atoms with Gasteiger partial charge in [0.25, 0.3) is 5.91 Å². The van der Waals surface area contributed by atoms with Crippen molar-refractivity contribution in [1.29, 1.82) is 0 Å². The Morgan fingerprint density at radius 1 is 1.20 bits per heavy atom. The number of carbonyl (C=O) groups excluding carboxylic acids is 1. The minimum atomic E-state index is -0.612. The fourth-order valence-electron chi connectivity index (χ4n) is 2.70. The van der Waals surface area contributed by atoms with Gasteiger partial charge in [0.15, 0.2) is 5.69 Å². The predicted octanol–water partition coefficient (Wildman–Crippen LogP) is 1.68. The molecule has 0 radical (unpaired) electrons. The van der Waals surface area contributed by atoms with Crippen molar-refractivity contribution in [2.75, 3.05) is 5.73 Å². The molecular weight excluding hydrogens is 388 g/mol. The van der Waals surface area contributed by atoms with E-state index in [0.29, 0.717) is 16.8 Å². The molecule has 0 fully saturated rings. The van der Waals surface area contributed by atoms with Crippen LogP contribution in [0.2, 0.25) is 0 Å². The van der Waals surface area contributed by atoms with Gasteiger partial charge in [-0.25, -0.2) is 10.1 Å². The van der Waals surface area contributed by atoms with Crippen molar-refractivity contribution in [1.82, 2.24) is 30.7 Å². The summed E-state index contributed by atoms with van der Waals surface area (Å²) in [5.74, 6) is -0.470. The van der Waals surface area contributed by atoms with Crippen molar-refractivity contribution >= 4 is 17.9 Å². The molecule has 4 N–H and O–H groups in total. The van der Waals surface area contributed by atoms with Gasteiger partial charge >= 0.3 is 0 Å². The summed E-state index contributed by atoms with van der Waals surface area (Å²) in [4.78, 5) is 12.8. The number of carbonyl (C=O) groups is 1. The van der Waals surface area contributed by atoms with Crippen LogP contribution in [0.4, 0.5) is 5.82 Å². The minimum Gasteiger partial charge on any atom is -0.507 e. The van der Waals surface area contributed by atoms with Crippen molar-refractivity contribution in [2.24, 2.45) is 5.10 Å². The number of benzene rings is 2. The smallest absolute Gasteiger partial charge is 0.294 e. The van der Waals surface area contributed by atoms with Gasteiger partial charge in [0.2, 0.25) is 11.6 Å². The van der Waals surface area contributed by atoms with E-state index >= 15 is 0 Å². The van der Waals surface area contributed by atoms with E-state index in [1.807, 2.05) is 31.2 Å². The van der Waals surface area contributed by atoms with Gasteiger partial charge in [0.05, 0.1) is 6.21 Å². The van der Waals surface area contributed by atoms with E-state index in [2.05, 4.69) is 35.8 Å². The highest BCUT2D eigenvalue weighted by Crippen LogP contribution is 2.26. The molecule has 11 heteroatoms. The first-order chi connectivity index (χ1) is 14.5. The Labute approximate surface area is 169 Å². The number of nitrogens with one attached hydrogen (secondary N) is 1. The maximum atomic E-state index is 12.8. The molecule has 0 atom stereocenters. The number of phenolic OH excluding ortho intramolecular Hbond substituents is 1. The summed E-state index contributed by atoms with van der Waals surface area (Å²) in [6, 6.07) is 14.0. The number of nitrogens with two attached hydrogens (primary N) is 1. The van der Waals surface area contributed by atoms with Gasteiger partial charge in [-0.3, -0.25) is 4.79 Å². The number of hydrogen-bond donors (Lipinski definition) is 3. The number of aromatic nitrogens is 5. The van der Waals surface area contributed by atoms with E-state index in [-0.39, 0.29) is 23.1 Å². The number of rotatable bonds is 5. The van der Waals surface area contributed by atoms with E-state index in [1.165, 1.54) is 17.0 Å². The summed E-state index contributed by atoms with van der Waals surface area (Å²) < 4.78 is 5.92. The van der Waals surface area contributed by atoms with Crippen LogP contribution in [-0.2, 0) is 0 Å². The van der Waals surface area contributed by atoms with Crippen LogP contribution in [0.1, 0.15) is 21.6 Å². The van der Waals surface area contributed by atoms with E-state index in [4.69, 9.17) is 5.73 Å². The van der Waals surface area contributed by atoms with Crippen molar-refractivity contribution in [2.45, 2.75) is 6.92 Å². The zero-order valence-corrected chi connectivity index (χ0v) is 15.7. The Morgan fingerprint density at radius 3 is 2.67 bits per heavy atom. The molecule has 4 rings (SSSR count). The molecule has 30 heavy (non-hydrogen) atoms. The molecule has 2 heterocycles. The van der Waals surface area contributed by atoms with Crippen molar-refractivity contribution in [3.8, 4) is 22.8 Å². The Bertz CT molecular complexity index is 1230. The Balaban J connectivity index is 1.70. The zero-order chi connectivity index (χ0) is 21.1. The second kappa shape index (κ2) is 7.83. The average Bonchev–Trinajstić information content (AvgIpc) is 3.36. The first-order valence-electron chi connectivity index (χ1n) is 8.77. The molecule has 2 aromatic heterocycles. The van der Waals surface area contributed by atoms with Crippen LogP contribution in [0, 0.1) is 6.92 Å². The van der Waals surface area contributed by atoms with Crippen LogP contribution < -0.4 is 11.2 Å². The summed E-state index contributed by atoms with van der Waals surface area (Å²) in [7, 11) is 0. The van der Waals surface area contributed by atoms with Gasteiger partial charge in [-0.2, -0.15) is 9.78 Å². The predicted molar refractivity (Wildman–Crippen MR) is 107 cm³/mol. The van der Waals surface area contributed by atoms with E-state index in [1.54, 1.807) is 18.2 Å². The minimum absolute atomic E-state index is 0.00204. The van der Waals surface area contributed by atoms with Crippen LogP contribution in [0.15, 0.2) is 58.3 Å². The summed E-state index contributed by atoms with van der Waals surface area (Å²) in [6.45, 7) is 1.94. The molecule has 0 spiro atoms. The molecule has 0 bridgehead atoms. The van der Waals surface area contributed by atoms with Gasteiger partial charge in [0, 0.05) is 11.1 Å². The van der Waals surface area contributed by atoms with E-state index in [0.717, 1.165) is 5.56 Å². The summed E-state index contributed by atoms with van der Waals surface area (Å²) >= 11 is 0. The molecule has 1 amide bonds. The number of para-hydroxylation sites is 1. The highest BCUT2D eigenvalue weighted by Gasteiger charge is 2.25. The molecule has 0 aliphatic heterocycles. The fraction of sp³-hybridized carbons (Fsp3) is 0.0526. The molecular formula is C19H16N8O3. The third-order valence-electron chi connectivity index (χ3n) is 4.21. The van der Waals surface area contributed by atoms with Crippen LogP contribution in [0.3, 0.4) is 0 Å². The number of hydrazone groups is 1. The lowest BCUT2D eigenvalue weighted by molar-refractivity contribution is 0.0950. The molecule has 150 valence electrons. The Kier molecular flexibility index (Phi) is 4.91. The van der Waals surface area contributed by atoms with E-state index in [9.17, 15) is 9.90 Å². The second-order valence-electron chi connectivity index (χ2n) is 6.30. The number of nitrogen functional groups attached to an aromatic ring is 1. The number of aromatic hydroxyl groups is 1. The van der Waals surface area contributed by atoms with Gasteiger partial charge in [-0.15, -0.1) is 5.10 Å². The molecule has 0 unspecified atom stereocenters. The molecule has 2 aromatic carbocycles. The standard InChI is InChI=1S/C19H16N8O3/c1-11-6-8-12(9-7-11)16-15(22-26-27(16)18-17(20)24-30-25-18)19(29)23-21-10-13-4-2-3-5-14(13)28/h2-10,28H,1H3,(H2,20,24)(H,23,29)/b21-10+. The molecule has 0 aliphatic rings. The average molecular weight is 404 g/mol. The largest absolute Gasteiger partial charge is 0.507 e. The highest BCUT2D eigenvalue weighted by atomic mass is 16.6. The second-order valence-corrected chi connectivity index (χ2v) is 6.30. The monoisotopic (exact) mass is 404 g/mol. The van der Waals surface area contributed by atoms with Gasteiger partial charge in [-0.1, -0.05) is 47.2 Å². The van der Waals surface area contributed by atoms with Crippen LogP contribution in [0.25, 0.3) is 17.1 Å². The Hall–Kier alpha value is -4.54. The Morgan fingerprint density at radius 2 is 1.97 bits per heavy atom. The van der Waals surface area contributed by atoms with Crippen molar-refractivity contribution in [3.05, 3.63) is 65.4 Å². The number of aryl methyl sites for hydroxylation is 1. The molecule has 0 aliphatic carbocycles. The van der Waals surface area contributed by atoms with Crippen LogP contribution in [0.5, 0.6) is 5.75 Å². The summed E-state index contributed by atoms with van der Waals surface area (Å²) in [5.41, 5.74) is 10.6.